The number of hydrogen-bond donors (Lipinski definition) is 0. The average Bonchev–Trinajstić information content (AvgIpc) is 3.11. The molecule has 0 radical (unpaired) electrons. The third-order valence-corrected chi connectivity index (χ3v) is 6.63. The fraction of sp³-hybridized carbons (Fsp3) is 0.333. The SMILES string of the molecule is COc1ccc(CC(=O)N2CCN(c3nc4ccc(Br)cc4s3)CC2)cc1C. The molecule has 146 valence electrons. The summed E-state index contributed by atoms with van der Waals surface area (Å²) in [7, 11) is 1.66. The maximum absolute atomic E-state index is 12.7. The minimum absolute atomic E-state index is 0.178. The molecule has 4 rings (SSSR count). The van der Waals surface area contributed by atoms with Gasteiger partial charge in [0.25, 0.3) is 0 Å². The van der Waals surface area contributed by atoms with Crippen LogP contribution in [0.3, 0.4) is 0 Å². The van der Waals surface area contributed by atoms with Gasteiger partial charge in [-0.15, -0.1) is 0 Å². The van der Waals surface area contributed by atoms with Crippen LogP contribution < -0.4 is 9.64 Å². The molecule has 0 saturated carbocycles. The molecule has 1 aromatic heterocycles. The molecule has 0 N–H and O–H groups in total. The molecule has 0 aliphatic carbocycles. The third kappa shape index (κ3) is 4.00. The zero-order valence-corrected chi connectivity index (χ0v) is 18.3. The van der Waals surface area contributed by atoms with Crippen LogP contribution in [0.1, 0.15) is 11.1 Å². The number of methoxy groups -OCH3 is 1. The molecule has 1 saturated heterocycles. The zero-order valence-electron chi connectivity index (χ0n) is 15.9. The highest BCUT2D eigenvalue weighted by Gasteiger charge is 2.23. The molecule has 28 heavy (non-hydrogen) atoms. The lowest BCUT2D eigenvalue weighted by molar-refractivity contribution is -0.130. The van der Waals surface area contributed by atoms with Gasteiger partial charge in [-0.25, -0.2) is 4.98 Å². The van der Waals surface area contributed by atoms with Gasteiger partial charge < -0.3 is 14.5 Å². The van der Waals surface area contributed by atoms with Gasteiger partial charge in [0.1, 0.15) is 5.75 Å². The molecule has 1 fully saturated rings. The summed E-state index contributed by atoms with van der Waals surface area (Å²) >= 11 is 5.22. The van der Waals surface area contributed by atoms with Crippen LogP contribution in [0.4, 0.5) is 5.13 Å². The lowest BCUT2D eigenvalue weighted by Crippen LogP contribution is -2.49. The van der Waals surface area contributed by atoms with Crippen molar-refractivity contribution in [1.82, 2.24) is 9.88 Å². The number of thiazole rings is 1. The molecule has 0 bridgehead atoms. The van der Waals surface area contributed by atoms with Crippen molar-refractivity contribution >= 4 is 48.5 Å². The Morgan fingerprint density at radius 1 is 1.18 bits per heavy atom. The highest BCUT2D eigenvalue weighted by molar-refractivity contribution is 9.10. The predicted octanol–water partition coefficient (Wildman–Crippen LogP) is 4.27. The van der Waals surface area contributed by atoms with Gasteiger partial charge >= 0.3 is 0 Å². The van der Waals surface area contributed by atoms with Crippen molar-refractivity contribution in [3.8, 4) is 5.75 Å². The number of fused-ring (bicyclic) bond motifs is 1. The molecule has 1 amide bonds. The standard InChI is InChI=1S/C21H22BrN3O2S/c1-14-11-15(3-6-18(14)27-2)12-20(26)24-7-9-25(10-8-24)21-23-17-5-4-16(22)13-19(17)28-21/h3-6,11,13H,7-10,12H2,1-2H3. The van der Waals surface area contributed by atoms with E-state index in [1.807, 2.05) is 42.2 Å². The number of carbonyl (C=O) groups excluding carboxylic acids is 1. The summed E-state index contributed by atoms with van der Waals surface area (Å²) in [6.45, 7) is 5.09. The number of halogens is 1. The van der Waals surface area contributed by atoms with E-state index < -0.39 is 0 Å². The van der Waals surface area contributed by atoms with Crippen molar-refractivity contribution in [3.63, 3.8) is 0 Å². The molecule has 1 aliphatic heterocycles. The molecule has 3 aromatic rings. The number of amides is 1. The first-order valence-electron chi connectivity index (χ1n) is 9.26. The van der Waals surface area contributed by atoms with Gasteiger partial charge in [0.15, 0.2) is 5.13 Å². The Kier molecular flexibility index (Phi) is 5.55. The van der Waals surface area contributed by atoms with E-state index in [1.54, 1.807) is 18.4 Å². The summed E-state index contributed by atoms with van der Waals surface area (Å²) in [5.74, 6) is 1.03. The Labute approximate surface area is 177 Å². The molecule has 2 heterocycles. The van der Waals surface area contributed by atoms with Crippen LogP contribution in [0.2, 0.25) is 0 Å². The van der Waals surface area contributed by atoms with Gasteiger partial charge in [0, 0.05) is 30.7 Å². The van der Waals surface area contributed by atoms with E-state index in [0.717, 1.165) is 58.2 Å². The first-order valence-corrected chi connectivity index (χ1v) is 10.9. The monoisotopic (exact) mass is 459 g/mol. The maximum Gasteiger partial charge on any atom is 0.227 e. The fourth-order valence-corrected chi connectivity index (χ4v) is 5.07. The zero-order chi connectivity index (χ0) is 19.7. The molecule has 5 nitrogen and oxygen atoms in total. The highest BCUT2D eigenvalue weighted by atomic mass is 79.9. The summed E-state index contributed by atoms with van der Waals surface area (Å²) < 4.78 is 7.54. The lowest BCUT2D eigenvalue weighted by Gasteiger charge is -2.34. The number of benzene rings is 2. The second-order valence-corrected chi connectivity index (χ2v) is 8.88. The molecule has 2 aromatic carbocycles. The van der Waals surface area contributed by atoms with Crippen LogP contribution in [-0.4, -0.2) is 49.1 Å². The normalized spacial score (nSPS) is 14.5. The number of hydrogen-bond acceptors (Lipinski definition) is 5. The average molecular weight is 460 g/mol. The predicted molar refractivity (Wildman–Crippen MR) is 118 cm³/mol. The molecule has 0 unspecified atom stereocenters. The van der Waals surface area contributed by atoms with E-state index in [4.69, 9.17) is 9.72 Å². The Morgan fingerprint density at radius 3 is 2.68 bits per heavy atom. The van der Waals surface area contributed by atoms with E-state index in [1.165, 1.54) is 4.70 Å². The molecular weight excluding hydrogens is 438 g/mol. The topological polar surface area (TPSA) is 45.7 Å². The second kappa shape index (κ2) is 8.09. The van der Waals surface area contributed by atoms with Gasteiger partial charge in [-0.3, -0.25) is 4.79 Å². The van der Waals surface area contributed by atoms with Crippen LogP contribution >= 0.6 is 27.3 Å². The summed E-state index contributed by atoms with van der Waals surface area (Å²) in [4.78, 5) is 21.7. The smallest absolute Gasteiger partial charge is 0.227 e. The van der Waals surface area contributed by atoms with Gasteiger partial charge in [-0.05, 0) is 42.3 Å². The number of rotatable bonds is 4. The van der Waals surface area contributed by atoms with Crippen molar-refractivity contribution in [2.24, 2.45) is 0 Å². The summed E-state index contributed by atoms with van der Waals surface area (Å²) in [6.07, 6.45) is 0.431. The minimum atomic E-state index is 0.178. The number of carbonyl (C=O) groups is 1. The van der Waals surface area contributed by atoms with Crippen molar-refractivity contribution in [3.05, 3.63) is 52.0 Å². The number of piperazine rings is 1. The van der Waals surface area contributed by atoms with E-state index in [-0.39, 0.29) is 5.91 Å². The Morgan fingerprint density at radius 2 is 1.96 bits per heavy atom. The molecule has 0 atom stereocenters. The van der Waals surface area contributed by atoms with E-state index in [0.29, 0.717) is 6.42 Å². The summed E-state index contributed by atoms with van der Waals surface area (Å²) in [5.41, 5.74) is 3.11. The first kappa shape index (κ1) is 19.2. The van der Waals surface area contributed by atoms with Gasteiger partial charge in [-0.1, -0.05) is 39.4 Å². The van der Waals surface area contributed by atoms with Crippen LogP contribution in [0.15, 0.2) is 40.9 Å². The van der Waals surface area contributed by atoms with Gasteiger partial charge in [0.2, 0.25) is 5.91 Å². The Balaban J connectivity index is 1.37. The van der Waals surface area contributed by atoms with Crippen LogP contribution in [-0.2, 0) is 11.2 Å². The fourth-order valence-electron chi connectivity index (χ4n) is 3.51. The van der Waals surface area contributed by atoms with E-state index in [9.17, 15) is 4.79 Å². The molecular formula is C21H22BrN3O2S. The number of aryl methyl sites for hydroxylation is 1. The van der Waals surface area contributed by atoms with Crippen LogP contribution in [0.5, 0.6) is 5.75 Å². The number of anilines is 1. The second-order valence-electron chi connectivity index (χ2n) is 6.96. The van der Waals surface area contributed by atoms with Crippen LogP contribution in [0.25, 0.3) is 10.2 Å². The Bertz CT molecular complexity index is 1010. The third-order valence-electron chi connectivity index (χ3n) is 5.06. The van der Waals surface area contributed by atoms with Gasteiger partial charge in [0.05, 0.1) is 23.7 Å². The number of ether oxygens (including phenoxy) is 1. The number of nitrogens with zero attached hydrogens (tertiary/aromatic N) is 3. The summed E-state index contributed by atoms with van der Waals surface area (Å²) in [6, 6.07) is 12.1. The molecule has 7 heteroatoms. The van der Waals surface area contributed by atoms with Crippen molar-refractivity contribution < 1.29 is 9.53 Å². The quantitative estimate of drug-likeness (QED) is 0.584. The largest absolute Gasteiger partial charge is 0.496 e. The maximum atomic E-state index is 12.7. The summed E-state index contributed by atoms with van der Waals surface area (Å²) in [5, 5.41) is 1.03. The van der Waals surface area contributed by atoms with Crippen LogP contribution in [0, 0.1) is 6.92 Å². The lowest BCUT2D eigenvalue weighted by atomic mass is 10.1. The van der Waals surface area contributed by atoms with Crippen molar-refractivity contribution in [2.45, 2.75) is 13.3 Å². The molecule has 0 spiro atoms. The highest BCUT2D eigenvalue weighted by Crippen LogP contribution is 2.31. The first-order chi connectivity index (χ1) is 13.5. The van der Waals surface area contributed by atoms with E-state index >= 15 is 0 Å². The van der Waals surface area contributed by atoms with Crippen molar-refractivity contribution in [1.29, 1.82) is 0 Å². The molecule has 1 aliphatic rings. The van der Waals surface area contributed by atoms with E-state index in [2.05, 4.69) is 26.9 Å². The minimum Gasteiger partial charge on any atom is -0.496 e. The van der Waals surface area contributed by atoms with Crippen molar-refractivity contribution in [2.75, 3.05) is 38.2 Å². The Hall–Kier alpha value is -2.12. The number of aromatic nitrogens is 1. The van der Waals surface area contributed by atoms with Gasteiger partial charge in [-0.2, -0.15) is 0 Å².